The number of amides is 2. The van der Waals surface area contributed by atoms with Gasteiger partial charge in [0, 0.05) is 44.1 Å². The number of likely N-dealkylation sites (N-methyl/N-ethyl adjacent to an activating group) is 1. The van der Waals surface area contributed by atoms with Crippen molar-refractivity contribution in [2.75, 3.05) is 52.4 Å². The maximum absolute atomic E-state index is 13.2. The molecule has 7 heteroatoms. The predicted octanol–water partition coefficient (Wildman–Crippen LogP) is 2.45. The molecule has 2 fully saturated rings. The van der Waals surface area contributed by atoms with Crippen LogP contribution in [0.1, 0.15) is 44.4 Å². The first kappa shape index (κ1) is 23.2. The Kier molecular flexibility index (Phi) is 9.15. The highest BCUT2D eigenvalue weighted by molar-refractivity contribution is 7.10. The summed E-state index contributed by atoms with van der Waals surface area (Å²) in [6.07, 6.45) is 5.24. The summed E-state index contributed by atoms with van der Waals surface area (Å²) >= 11 is 1.64. The van der Waals surface area contributed by atoms with E-state index in [0.29, 0.717) is 18.9 Å². The van der Waals surface area contributed by atoms with Gasteiger partial charge in [-0.05, 0) is 43.3 Å². The zero-order valence-corrected chi connectivity index (χ0v) is 19.5. The van der Waals surface area contributed by atoms with Gasteiger partial charge in [-0.25, -0.2) is 0 Å². The van der Waals surface area contributed by atoms with E-state index in [9.17, 15) is 9.59 Å². The second-order valence-corrected chi connectivity index (χ2v) is 9.51. The topological polar surface area (TPSA) is 55.9 Å². The van der Waals surface area contributed by atoms with Gasteiger partial charge in [-0.1, -0.05) is 32.8 Å². The molecule has 6 nitrogen and oxygen atoms in total. The summed E-state index contributed by atoms with van der Waals surface area (Å²) in [7, 11) is 0. The van der Waals surface area contributed by atoms with Crippen molar-refractivity contribution in [2.45, 2.75) is 52.0 Å². The van der Waals surface area contributed by atoms with Crippen LogP contribution < -0.4 is 5.32 Å². The predicted molar refractivity (Wildman–Crippen MR) is 123 cm³/mol. The van der Waals surface area contributed by atoms with Crippen LogP contribution in [0.4, 0.5) is 0 Å². The van der Waals surface area contributed by atoms with E-state index in [1.165, 1.54) is 12.8 Å². The van der Waals surface area contributed by atoms with Crippen molar-refractivity contribution in [3.63, 3.8) is 0 Å². The summed E-state index contributed by atoms with van der Waals surface area (Å²) in [5.41, 5.74) is 0. The Morgan fingerprint density at radius 1 is 1.17 bits per heavy atom. The van der Waals surface area contributed by atoms with Crippen molar-refractivity contribution < 1.29 is 9.59 Å². The summed E-state index contributed by atoms with van der Waals surface area (Å²) in [6.45, 7) is 11.0. The number of carbonyl (C=O) groups excluding carboxylic acids is 2. The Bertz CT molecular complexity index is 648. The number of rotatable bonds is 10. The molecule has 1 aromatic rings. The van der Waals surface area contributed by atoms with Gasteiger partial charge in [-0.15, -0.1) is 11.3 Å². The smallest absolute Gasteiger partial charge is 0.237 e. The molecule has 3 rings (SSSR count). The number of nitrogens with zero attached hydrogens (tertiary/aromatic N) is 3. The first-order valence-corrected chi connectivity index (χ1v) is 12.5. The molecule has 2 amide bonds. The molecule has 1 aromatic heterocycles. The minimum atomic E-state index is -0.0428. The highest BCUT2D eigenvalue weighted by Gasteiger charge is 2.37. The van der Waals surface area contributed by atoms with Crippen molar-refractivity contribution in [3.05, 3.63) is 22.4 Å². The number of hydrogen-bond donors (Lipinski definition) is 1. The molecule has 0 bridgehead atoms. The fourth-order valence-electron chi connectivity index (χ4n) is 4.86. The number of piperazine rings is 1. The molecular formula is C23H38N4O2S. The van der Waals surface area contributed by atoms with E-state index >= 15 is 0 Å². The molecule has 2 aliphatic rings. The molecule has 1 saturated heterocycles. The third kappa shape index (κ3) is 6.28. The zero-order valence-electron chi connectivity index (χ0n) is 18.6. The first-order valence-electron chi connectivity index (χ1n) is 11.7. The van der Waals surface area contributed by atoms with Crippen LogP contribution in [0.2, 0.25) is 0 Å². The van der Waals surface area contributed by atoms with Crippen LogP contribution in [0.3, 0.4) is 0 Å². The Hall–Kier alpha value is -1.44. The van der Waals surface area contributed by atoms with Gasteiger partial charge in [0.2, 0.25) is 11.8 Å². The average Bonchev–Trinajstić information content (AvgIpc) is 3.46. The van der Waals surface area contributed by atoms with Gasteiger partial charge in [-0.3, -0.25) is 14.5 Å². The van der Waals surface area contributed by atoms with Gasteiger partial charge in [0.25, 0.3) is 0 Å². The number of nitrogens with one attached hydrogen (secondary N) is 1. The summed E-state index contributed by atoms with van der Waals surface area (Å²) in [4.78, 5) is 33.6. The van der Waals surface area contributed by atoms with E-state index < -0.39 is 0 Å². The largest absolute Gasteiger partial charge is 0.353 e. The monoisotopic (exact) mass is 434 g/mol. The summed E-state index contributed by atoms with van der Waals surface area (Å²) in [6, 6.07) is 3.98. The Morgan fingerprint density at radius 2 is 1.87 bits per heavy atom. The summed E-state index contributed by atoms with van der Waals surface area (Å²) in [5, 5.41) is 5.24. The highest BCUT2D eigenvalue weighted by Crippen LogP contribution is 2.31. The standard InChI is InChI=1S/C23H38N4O2S/c1-3-25(4-2)12-11-24-23(29)22(19-8-5-6-9-19)27-15-13-26(14-16-27)21(28)18-20-10-7-17-30-20/h7,10,17,19,22H,3-6,8-9,11-16,18H2,1-2H3,(H,24,29). The van der Waals surface area contributed by atoms with Gasteiger partial charge in [0.15, 0.2) is 0 Å². The number of thiophene rings is 1. The maximum Gasteiger partial charge on any atom is 0.237 e. The molecule has 30 heavy (non-hydrogen) atoms. The Labute approximate surface area is 185 Å². The quantitative estimate of drug-likeness (QED) is 0.615. The molecule has 1 saturated carbocycles. The molecule has 168 valence electrons. The molecule has 0 aromatic carbocycles. The van der Waals surface area contributed by atoms with Gasteiger partial charge < -0.3 is 15.1 Å². The molecule has 1 atom stereocenters. The van der Waals surface area contributed by atoms with Crippen molar-refractivity contribution in [1.82, 2.24) is 20.0 Å². The molecule has 0 radical (unpaired) electrons. The highest BCUT2D eigenvalue weighted by atomic mass is 32.1. The molecule has 0 spiro atoms. The van der Waals surface area contributed by atoms with Crippen LogP contribution in [0.5, 0.6) is 0 Å². The van der Waals surface area contributed by atoms with Crippen molar-refractivity contribution in [2.24, 2.45) is 5.92 Å². The van der Waals surface area contributed by atoms with Gasteiger partial charge >= 0.3 is 0 Å². The first-order chi connectivity index (χ1) is 14.6. The van der Waals surface area contributed by atoms with E-state index in [2.05, 4.69) is 29.0 Å². The lowest BCUT2D eigenvalue weighted by Gasteiger charge is -2.40. The fourth-order valence-corrected chi connectivity index (χ4v) is 5.55. The van der Waals surface area contributed by atoms with Gasteiger partial charge in [0.05, 0.1) is 12.5 Å². The molecular weight excluding hydrogens is 396 g/mol. The Morgan fingerprint density at radius 3 is 2.47 bits per heavy atom. The summed E-state index contributed by atoms with van der Waals surface area (Å²) < 4.78 is 0. The van der Waals surface area contributed by atoms with E-state index in [0.717, 1.165) is 63.5 Å². The third-order valence-electron chi connectivity index (χ3n) is 6.70. The SMILES string of the molecule is CCN(CC)CCNC(=O)C(C1CCCC1)N1CCN(C(=O)Cc2cccs2)CC1. The van der Waals surface area contributed by atoms with E-state index in [1.54, 1.807) is 11.3 Å². The molecule has 1 unspecified atom stereocenters. The Balaban J connectivity index is 1.53. The lowest BCUT2D eigenvalue weighted by atomic mass is 9.95. The third-order valence-corrected chi connectivity index (χ3v) is 7.58. The lowest BCUT2D eigenvalue weighted by molar-refractivity contribution is -0.134. The van der Waals surface area contributed by atoms with Crippen LogP contribution in [0.15, 0.2) is 17.5 Å². The van der Waals surface area contributed by atoms with Crippen molar-refractivity contribution in [3.8, 4) is 0 Å². The van der Waals surface area contributed by atoms with Crippen LogP contribution in [-0.2, 0) is 16.0 Å². The van der Waals surface area contributed by atoms with Crippen molar-refractivity contribution in [1.29, 1.82) is 0 Å². The second kappa shape index (κ2) is 11.8. The van der Waals surface area contributed by atoms with Crippen LogP contribution in [0.25, 0.3) is 0 Å². The molecule has 1 aliphatic carbocycles. The minimum Gasteiger partial charge on any atom is -0.353 e. The molecule has 1 aliphatic heterocycles. The van der Waals surface area contributed by atoms with E-state index in [-0.39, 0.29) is 17.9 Å². The second-order valence-electron chi connectivity index (χ2n) is 8.48. The van der Waals surface area contributed by atoms with E-state index in [1.807, 2.05) is 22.4 Å². The van der Waals surface area contributed by atoms with Gasteiger partial charge in [-0.2, -0.15) is 0 Å². The molecule has 1 N–H and O–H groups in total. The average molecular weight is 435 g/mol. The summed E-state index contributed by atoms with van der Waals surface area (Å²) in [5.74, 6) is 0.845. The van der Waals surface area contributed by atoms with Crippen LogP contribution in [-0.4, -0.2) is 84.9 Å². The zero-order chi connectivity index (χ0) is 21.3. The molecule has 2 heterocycles. The fraction of sp³-hybridized carbons (Fsp3) is 0.739. The number of hydrogen-bond acceptors (Lipinski definition) is 5. The maximum atomic E-state index is 13.2. The van der Waals surface area contributed by atoms with Crippen molar-refractivity contribution >= 4 is 23.2 Å². The van der Waals surface area contributed by atoms with E-state index in [4.69, 9.17) is 0 Å². The number of carbonyl (C=O) groups is 2. The lowest BCUT2D eigenvalue weighted by Crippen LogP contribution is -2.58. The minimum absolute atomic E-state index is 0.0428. The van der Waals surface area contributed by atoms with Gasteiger partial charge in [0.1, 0.15) is 0 Å². The van der Waals surface area contributed by atoms with Crippen LogP contribution in [0, 0.1) is 5.92 Å². The van der Waals surface area contributed by atoms with Crippen LogP contribution >= 0.6 is 11.3 Å². The normalized spacial score (nSPS) is 19.4.